The highest BCUT2D eigenvalue weighted by atomic mass is 13.7. The Morgan fingerprint density at radius 3 is 1.50 bits per heavy atom. The van der Waals surface area contributed by atoms with Crippen molar-refractivity contribution in [2.75, 3.05) is 0 Å². The summed E-state index contributed by atoms with van der Waals surface area (Å²) in [6.07, 6.45) is 9.42. The van der Waals surface area contributed by atoms with E-state index in [1.807, 2.05) is 6.92 Å². The van der Waals surface area contributed by atoms with Gasteiger partial charge in [0.2, 0.25) is 0 Å². The first-order valence-electron chi connectivity index (χ1n) is 4.44. The van der Waals surface area contributed by atoms with E-state index in [2.05, 4.69) is 32.9 Å². The van der Waals surface area contributed by atoms with Gasteiger partial charge in [0.25, 0.3) is 0 Å². The molecule has 0 unspecified atom stereocenters. The van der Waals surface area contributed by atoms with Gasteiger partial charge in [-0.05, 0) is 13.3 Å². The molecule has 0 atom stereocenters. The lowest BCUT2D eigenvalue weighted by atomic mass is 10.3. The second-order valence-electron chi connectivity index (χ2n) is 2.33. The maximum atomic E-state index is 2.21. The Kier molecular flexibility index (Phi) is 19.7. The van der Waals surface area contributed by atoms with Gasteiger partial charge in [-0.15, -0.1) is 0 Å². The van der Waals surface area contributed by atoms with Crippen LogP contribution in [0.25, 0.3) is 0 Å². The summed E-state index contributed by atoms with van der Waals surface area (Å²) in [6, 6.07) is 0. The summed E-state index contributed by atoms with van der Waals surface area (Å²) in [6.45, 7) is 8.58. The number of hydrogen-bond acceptors (Lipinski definition) is 0. The second kappa shape index (κ2) is 15.9. The van der Waals surface area contributed by atoms with E-state index in [1.165, 1.54) is 19.3 Å². The molecule has 0 aliphatic rings. The van der Waals surface area contributed by atoms with Crippen molar-refractivity contribution in [3.63, 3.8) is 0 Å². The van der Waals surface area contributed by atoms with Crippen molar-refractivity contribution in [3.05, 3.63) is 12.2 Å². The summed E-state index contributed by atoms with van der Waals surface area (Å²) in [5.41, 5.74) is 0. The minimum Gasteiger partial charge on any atom is -0.0917 e. The maximum absolute atomic E-state index is 2.21. The summed E-state index contributed by atoms with van der Waals surface area (Å²) in [5.74, 6) is 0. The molecule has 0 aliphatic carbocycles. The molecule has 0 saturated heterocycles. The molecule has 0 aromatic carbocycles. The van der Waals surface area contributed by atoms with Crippen LogP contribution in [0.5, 0.6) is 0 Å². The van der Waals surface area contributed by atoms with E-state index in [9.17, 15) is 0 Å². The molecule has 0 bridgehead atoms. The van der Waals surface area contributed by atoms with Gasteiger partial charge in [-0.3, -0.25) is 0 Å². The molecule has 0 aromatic heterocycles. The summed E-state index contributed by atoms with van der Waals surface area (Å²) in [7, 11) is 0. The van der Waals surface area contributed by atoms with Gasteiger partial charge >= 0.3 is 0 Å². The molecule has 0 aromatic rings. The summed E-state index contributed by atoms with van der Waals surface area (Å²) >= 11 is 0. The zero-order chi connectivity index (χ0) is 8.24. The van der Waals surface area contributed by atoms with Crippen molar-refractivity contribution in [2.24, 2.45) is 0 Å². The number of hydrogen-bond donors (Lipinski definition) is 0. The zero-order valence-electron chi connectivity index (χ0n) is 7.98. The summed E-state index contributed by atoms with van der Waals surface area (Å²) in [4.78, 5) is 0. The standard InChI is InChI=1S/C5H12.C5H10/c2*1-3-5-4-2/h3-5H2,1-2H3;3,5H,4H2,1-2H3/b;5-3-. The van der Waals surface area contributed by atoms with E-state index in [-0.39, 0.29) is 0 Å². The smallest absolute Gasteiger partial charge is 0.0379 e. The predicted octanol–water partition coefficient (Wildman–Crippen LogP) is 4.17. The minimum atomic E-state index is 1.16. The minimum absolute atomic E-state index is 1.16. The van der Waals surface area contributed by atoms with E-state index >= 15 is 0 Å². The maximum Gasteiger partial charge on any atom is -0.0379 e. The van der Waals surface area contributed by atoms with Crippen molar-refractivity contribution in [2.45, 2.75) is 53.4 Å². The molecule has 62 valence electrons. The predicted molar refractivity (Wildman–Crippen MR) is 50.3 cm³/mol. The first kappa shape index (κ1) is 12.4. The van der Waals surface area contributed by atoms with Crippen LogP contribution in [0.2, 0.25) is 0 Å². The van der Waals surface area contributed by atoms with Gasteiger partial charge < -0.3 is 0 Å². The third-order valence-corrected chi connectivity index (χ3v) is 1.18. The van der Waals surface area contributed by atoms with Crippen molar-refractivity contribution in [1.82, 2.24) is 0 Å². The third kappa shape index (κ3) is 25.1. The average molecular weight is 142 g/mol. The Morgan fingerprint density at radius 1 is 1.00 bits per heavy atom. The molecule has 0 heterocycles. The Hall–Kier alpha value is -0.260. The van der Waals surface area contributed by atoms with E-state index in [1.54, 1.807) is 0 Å². The SMILES string of the molecule is C/C=C\CC.CCCCC. The zero-order valence-corrected chi connectivity index (χ0v) is 7.98. The Bertz CT molecular complexity index is 51.1. The number of allylic oxidation sites excluding steroid dienone is 2. The highest BCUT2D eigenvalue weighted by molar-refractivity contribution is 4.73. The van der Waals surface area contributed by atoms with Crippen molar-refractivity contribution < 1.29 is 0 Å². The fourth-order valence-electron chi connectivity index (χ4n) is 0.589. The molecule has 0 saturated carbocycles. The lowest BCUT2D eigenvalue weighted by Crippen LogP contribution is -1.59. The van der Waals surface area contributed by atoms with Crippen LogP contribution in [-0.4, -0.2) is 0 Å². The fourth-order valence-corrected chi connectivity index (χ4v) is 0.589. The van der Waals surface area contributed by atoms with Gasteiger partial charge in [0.15, 0.2) is 0 Å². The molecule has 0 amide bonds. The van der Waals surface area contributed by atoms with E-state index in [0.717, 1.165) is 6.42 Å². The topological polar surface area (TPSA) is 0 Å². The van der Waals surface area contributed by atoms with E-state index < -0.39 is 0 Å². The van der Waals surface area contributed by atoms with Gasteiger partial charge in [-0.2, -0.15) is 0 Å². The molecule has 0 nitrogen and oxygen atoms in total. The molecule has 0 aliphatic heterocycles. The monoisotopic (exact) mass is 142 g/mol. The largest absolute Gasteiger partial charge is 0.0917 e. The lowest BCUT2D eigenvalue weighted by molar-refractivity contribution is 0.772. The van der Waals surface area contributed by atoms with Crippen LogP contribution >= 0.6 is 0 Å². The van der Waals surface area contributed by atoms with Crippen LogP contribution in [0, 0.1) is 0 Å². The van der Waals surface area contributed by atoms with Crippen molar-refractivity contribution in [1.29, 1.82) is 0 Å². The Labute approximate surface area is 66.3 Å². The molecule has 0 radical (unpaired) electrons. The molecule has 0 spiro atoms. The molecular weight excluding hydrogens is 120 g/mol. The van der Waals surface area contributed by atoms with E-state index in [0.29, 0.717) is 0 Å². The van der Waals surface area contributed by atoms with Crippen LogP contribution in [0.1, 0.15) is 53.4 Å². The number of unbranched alkanes of at least 4 members (excludes halogenated alkanes) is 2. The van der Waals surface area contributed by atoms with Crippen LogP contribution < -0.4 is 0 Å². The first-order chi connectivity index (χ1) is 4.83. The quantitative estimate of drug-likeness (QED) is 0.519. The van der Waals surface area contributed by atoms with Crippen molar-refractivity contribution >= 4 is 0 Å². The third-order valence-electron chi connectivity index (χ3n) is 1.18. The highest BCUT2D eigenvalue weighted by Gasteiger charge is 1.68. The Morgan fingerprint density at radius 2 is 1.50 bits per heavy atom. The molecule has 0 heteroatoms. The number of rotatable bonds is 3. The fraction of sp³-hybridized carbons (Fsp3) is 0.800. The Balaban J connectivity index is 0. The van der Waals surface area contributed by atoms with Gasteiger partial charge in [-0.1, -0.05) is 52.2 Å². The molecule has 10 heavy (non-hydrogen) atoms. The van der Waals surface area contributed by atoms with Crippen LogP contribution in [0.4, 0.5) is 0 Å². The average Bonchev–Trinajstić information content (AvgIpc) is 1.93. The molecule has 0 fully saturated rings. The van der Waals surface area contributed by atoms with Crippen LogP contribution in [0.3, 0.4) is 0 Å². The van der Waals surface area contributed by atoms with Gasteiger partial charge in [0.1, 0.15) is 0 Å². The summed E-state index contributed by atoms with van der Waals surface area (Å²) in [5, 5.41) is 0. The first-order valence-corrected chi connectivity index (χ1v) is 4.44. The normalized spacial score (nSPS) is 9.20. The lowest BCUT2D eigenvalue weighted by Gasteiger charge is -1.79. The molecule has 0 N–H and O–H groups in total. The second-order valence-corrected chi connectivity index (χ2v) is 2.33. The molecule has 0 rings (SSSR count). The van der Waals surface area contributed by atoms with E-state index in [4.69, 9.17) is 0 Å². The highest BCUT2D eigenvalue weighted by Crippen LogP contribution is 1.88. The van der Waals surface area contributed by atoms with Gasteiger partial charge in [-0.25, -0.2) is 0 Å². The summed E-state index contributed by atoms with van der Waals surface area (Å²) < 4.78 is 0. The van der Waals surface area contributed by atoms with Gasteiger partial charge in [0.05, 0.1) is 0 Å². The van der Waals surface area contributed by atoms with Crippen LogP contribution in [0.15, 0.2) is 12.2 Å². The van der Waals surface area contributed by atoms with Crippen molar-refractivity contribution in [3.8, 4) is 0 Å². The molecular formula is C10H22. The van der Waals surface area contributed by atoms with Crippen LogP contribution in [-0.2, 0) is 0 Å². The van der Waals surface area contributed by atoms with Gasteiger partial charge in [0, 0.05) is 0 Å².